The standard InChI is InChI=1S/C20H18F8.C10H10F4.C8H4F4/c21-12-11-20(27,28)17-7-5-16(6-8-17)19(25,26)10-9-18(23,24)15-3-1-14(13-22)2-4-15;1-9(11,12)7-3-5-8(6-4-7)10(2,13)14;9-7(10)5-1-2-6(4-3-5)8(11)12/h1-8H,9-13H2;3-6H,1-2H3;1-4H. The van der Waals surface area contributed by atoms with Crippen LogP contribution in [0.5, 0.6) is 0 Å². The van der Waals surface area contributed by atoms with Gasteiger partial charge in [0.1, 0.15) is 6.67 Å². The molecular weight excluding hydrogens is 760 g/mol. The van der Waals surface area contributed by atoms with E-state index in [4.69, 9.17) is 0 Å². The van der Waals surface area contributed by atoms with Crippen LogP contribution in [0.1, 0.15) is 66.5 Å². The first kappa shape index (κ1) is 45.7. The fraction of sp³-hybridized carbons (Fsp3) is 0.316. The highest BCUT2D eigenvalue weighted by Gasteiger charge is 2.40. The molecule has 0 heterocycles. The van der Waals surface area contributed by atoms with Gasteiger partial charge in [-0.3, -0.25) is 4.39 Å². The lowest BCUT2D eigenvalue weighted by Crippen LogP contribution is -2.21. The summed E-state index contributed by atoms with van der Waals surface area (Å²) < 4.78 is 207. The van der Waals surface area contributed by atoms with Crippen molar-refractivity contribution in [1.29, 1.82) is 0 Å². The molecule has 0 spiro atoms. The van der Waals surface area contributed by atoms with Crippen molar-refractivity contribution in [2.45, 2.75) is 69.4 Å². The molecule has 0 radical (unpaired) electrons. The van der Waals surface area contributed by atoms with E-state index in [0.717, 1.165) is 111 Å². The minimum absolute atomic E-state index is 0.189. The van der Waals surface area contributed by atoms with Crippen molar-refractivity contribution in [1.82, 2.24) is 0 Å². The van der Waals surface area contributed by atoms with Crippen molar-refractivity contribution in [2.75, 3.05) is 6.67 Å². The van der Waals surface area contributed by atoms with Gasteiger partial charge in [-0.1, -0.05) is 72.8 Å². The normalized spacial score (nSPS) is 12.3. The van der Waals surface area contributed by atoms with E-state index in [0.29, 0.717) is 0 Å². The van der Waals surface area contributed by atoms with Crippen LogP contribution < -0.4 is 10.4 Å². The maximum atomic E-state index is 14.3. The Balaban J connectivity index is 0.000000321. The van der Waals surface area contributed by atoms with Crippen molar-refractivity contribution in [3.8, 4) is 0 Å². The zero-order valence-corrected chi connectivity index (χ0v) is 28.3. The summed E-state index contributed by atoms with van der Waals surface area (Å²) in [6.45, 7) is -0.644. The lowest BCUT2D eigenvalue weighted by molar-refractivity contribution is -0.0704. The van der Waals surface area contributed by atoms with Gasteiger partial charge in [0.2, 0.25) is 0 Å². The molecule has 4 aromatic rings. The molecule has 296 valence electrons. The van der Waals surface area contributed by atoms with Gasteiger partial charge in [-0.2, -0.15) is 17.6 Å². The molecule has 4 aromatic carbocycles. The quantitative estimate of drug-likeness (QED) is 0.133. The van der Waals surface area contributed by atoms with Gasteiger partial charge in [0.15, 0.2) is 0 Å². The largest absolute Gasteiger partial charge is 0.277 e. The van der Waals surface area contributed by atoms with Crippen molar-refractivity contribution in [3.63, 3.8) is 0 Å². The zero-order valence-electron chi connectivity index (χ0n) is 28.3. The molecule has 0 saturated carbocycles. The van der Waals surface area contributed by atoms with E-state index in [1.807, 2.05) is 0 Å². The molecule has 0 N–H and O–H groups in total. The van der Waals surface area contributed by atoms with Crippen molar-refractivity contribution >= 4 is 12.2 Å². The fourth-order valence-corrected chi connectivity index (χ4v) is 4.44. The van der Waals surface area contributed by atoms with Crippen molar-refractivity contribution in [2.24, 2.45) is 0 Å². The number of halogens is 16. The molecule has 0 fully saturated rings. The zero-order chi connectivity index (χ0) is 41.1. The van der Waals surface area contributed by atoms with Gasteiger partial charge >= 0.3 is 0 Å². The van der Waals surface area contributed by atoms with E-state index >= 15 is 0 Å². The Morgan fingerprint density at radius 1 is 0.389 bits per heavy atom. The van der Waals surface area contributed by atoms with Crippen LogP contribution in [-0.2, 0) is 36.3 Å². The Kier molecular flexibility index (Phi) is 15.8. The third-order valence-corrected chi connectivity index (χ3v) is 7.64. The number of benzene rings is 4. The van der Waals surface area contributed by atoms with Crippen LogP contribution in [0.25, 0.3) is 12.2 Å². The first-order valence-corrected chi connectivity index (χ1v) is 15.6. The third-order valence-electron chi connectivity index (χ3n) is 7.64. The van der Waals surface area contributed by atoms with Gasteiger partial charge < -0.3 is 0 Å². The molecule has 0 aromatic heterocycles. The third kappa shape index (κ3) is 13.7. The summed E-state index contributed by atoms with van der Waals surface area (Å²) in [5, 5.41) is -0.667. The first-order valence-electron chi connectivity index (χ1n) is 15.6. The molecule has 0 amide bonds. The van der Waals surface area contributed by atoms with Crippen molar-refractivity contribution < 1.29 is 70.2 Å². The van der Waals surface area contributed by atoms with E-state index in [2.05, 4.69) is 0 Å². The molecule has 0 atom stereocenters. The van der Waals surface area contributed by atoms with Gasteiger partial charge in [0.25, 0.3) is 41.8 Å². The van der Waals surface area contributed by atoms with Gasteiger partial charge in [0, 0.05) is 71.4 Å². The summed E-state index contributed by atoms with van der Waals surface area (Å²) in [5.74, 6) is -16.7. The van der Waals surface area contributed by atoms with E-state index in [9.17, 15) is 70.2 Å². The number of hydrogen-bond acceptors (Lipinski definition) is 0. The Morgan fingerprint density at radius 2 is 0.648 bits per heavy atom. The lowest BCUT2D eigenvalue weighted by Gasteiger charge is -2.22. The van der Waals surface area contributed by atoms with Crippen LogP contribution in [0.15, 0.2) is 97.1 Å². The Labute approximate surface area is 299 Å². The second-order valence-electron chi connectivity index (χ2n) is 11.9. The lowest BCUT2D eigenvalue weighted by atomic mass is 9.95. The second-order valence-corrected chi connectivity index (χ2v) is 11.9. The molecule has 0 saturated heterocycles. The molecule has 0 aliphatic carbocycles. The van der Waals surface area contributed by atoms with E-state index in [1.165, 1.54) is 0 Å². The molecule has 0 aliphatic heterocycles. The summed E-state index contributed by atoms with van der Waals surface area (Å²) in [4.78, 5) is 0. The minimum Gasteiger partial charge on any atom is -0.251 e. The first-order chi connectivity index (χ1) is 24.8. The maximum absolute atomic E-state index is 14.3. The van der Waals surface area contributed by atoms with Crippen LogP contribution in [-0.4, -0.2) is 6.67 Å². The van der Waals surface area contributed by atoms with Crippen molar-refractivity contribution in [3.05, 3.63) is 141 Å². The summed E-state index contributed by atoms with van der Waals surface area (Å²) in [6.07, 6.45) is -7.22. The molecule has 0 unspecified atom stereocenters. The Hall–Kier alpha value is -4.50. The van der Waals surface area contributed by atoms with Gasteiger partial charge in [-0.05, 0) is 29.8 Å². The summed E-state index contributed by atoms with van der Waals surface area (Å²) in [7, 11) is 0. The van der Waals surface area contributed by atoms with Crippen LogP contribution in [0.3, 0.4) is 0 Å². The predicted octanol–water partition coefficient (Wildman–Crippen LogP) is 12.9. The molecule has 16 heteroatoms. The van der Waals surface area contributed by atoms with Gasteiger partial charge in [0.05, 0.1) is 6.67 Å². The fourth-order valence-electron chi connectivity index (χ4n) is 4.44. The van der Waals surface area contributed by atoms with Gasteiger partial charge in [-0.25, -0.2) is 48.3 Å². The Morgan fingerprint density at radius 3 is 0.889 bits per heavy atom. The summed E-state index contributed by atoms with van der Waals surface area (Å²) >= 11 is 0. The van der Waals surface area contributed by atoms with Crippen LogP contribution >= 0.6 is 0 Å². The van der Waals surface area contributed by atoms with E-state index in [1.54, 1.807) is 0 Å². The second kappa shape index (κ2) is 18.7. The molecule has 0 bridgehead atoms. The Bertz CT molecular complexity index is 1770. The predicted molar refractivity (Wildman–Crippen MR) is 172 cm³/mol. The molecule has 54 heavy (non-hydrogen) atoms. The maximum Gasteiger partial charge on any atom is 0.277 e. The molecule has 0 nitrogen and oxygen atoms in total. The minimum atomic E-state index is -3.67. The van der Waals surface area contributed by atoms with E-state index in [-0.39, 0.29) is 27.1 Å². The number of rotatable bonds is 11. The smallest absolute Gasteiger partial charge is 0.251 e. The molecule has 0 aliphatic rings. The highest BCUT2D eigenvalue weighted by molar-refractivity contribution is 5.32. The van der Waals surface area contributed by atoms with Gasteiger partial charge in [-0.15, -0.1) is 0 Å². The SMILES string of the molecule is CC(F)(F)c1ccc(C(C)(F)F)cc1.FC(F)=c1ccc(=C(F)F)cc1.FCCC(F)(F)c1ccc(C(F)(F)CCC(F)(F)c2ccc(CF)cc2)cc1. The van der Waals surface area contributed by atoms with E-state index < -0.39 is 91.1 Å². The number of hydrogen-bond donors (Lipinski definition) is 0. The highest BCUT2D eigenvalue weighted by atomic mass is 19.3. The van der Waals surface area contributed by atoms with Crippen LogP contribution in [0, 0.1) is 0 Å². The molecule has 4 rings (SSSR count). The summed E-state index contributed by atoms with van der Waals surface area (Å²) in [5.41, 5.74) is -2.15. The highest BCUT2D eigenvalue weighted by Crippen LogP contribution is 2.41. The van der Waals surface area contributed by atoms with Crippen LogP contribution in [0.4, 0.5) is 70.2 Å². The topological polar surface area (TPSA) is 0 Å². The monoisotopic (exact) mass is 792 g/mol. The average Bonchev–Trinajstić information content (AvgIpc) is 3.11. The molecular formula is C38H32F16. The number of alkyl halides is 12. The summed E-state index contributed by atoms with van der Waals surface area (Å²) in [6, 6.07) is 15.1. The van der Waals surface area contributed by atoms with Crippen LogP contribution in [0.2, 0.25) is 0 Å². The average molecular weight is 793 g/mol.